The van der Waals surface area contributed by atoms with Gasteiger partial charge in [0.2, 0.25) is 15.9 Å². The molecular formula is C17H26N4O4S. The summed E-state index contributed by atoms with van der Waals surface area (Å²) in [5.41, 5.74) is 1.92. The molecule has 3 fully saturated rings. The molecule has 8 nitrogen and oxygen atoms in total. The zero-order valence-electron chi connectivity index (χ0n) is 15.5. The lowest BCUT2D eigenvalue weighted by atomic mass is 9.94. The van der Waals surface area contributed by atoms with E-state index in [4.69, 9.17) is 0 Å². The first-order valence-electron chi connectivity index (χ1n) is 8.96. The van der Waals surface area contributed by atoms with Crippen LogP contribution in [0.2, 0.25) is 0 Å². The lowest BCUT2D eigenvalue weighted by Gasteiger charge is -2.36. The molecule has 2 bridgehead atoms. The Bertz CT molecular complexity index is 838. The number of sulfonamides is 1. The van der Waals surface area contributed by atoms with E-state index in [0.29, 0.717) is 38.2 Å². The lowest BCUT2D eigenvalue weighted by Crippen LogP contribution is -2.47. The number of aromatic nitrogens is 2. The number of piperidine rings is 1. The van der Waals surface area contributed by atoms with Crippen molar-refractivity contribution in [2.75, 3.05) is 25.9 Å². The van der Waals surface area contributed by atoms with E-state index in [1.54, 1.807) is 6.92 Å². The van der Waals surface area contributed by atoms with E-state index >= 15 is 0 Å². The Balaban J connectivity index is 1.70. The van der Waals surface area contributed by atoms with E-state index < -0.39 is 10.0 Å². The quantitative estimate of drug-likeness (QED) is 0.801. The number of carbonyl (C=O) groups is 1. The molecular weight excluding hydrogens is 356 g/mol. The molecule has 26 heavy (non-hydrogen) atoms. The van der Waals surface area contributed by atoms with Crippen LogP contribution in [0.4, 0.5) is 0 Å². The first-order chi connectivity index (χ1) is 12.1. The largest absolute Gasteiger partial charge is 0.345 e. The second-order valence-corrected chi connectivity index (χ2v) is 9.44. The van der Waals surface area contributed by atoms with Gasteiger partial charge in [-0.25, -0.2) is 13.2 Å². The zero-order chi connectivity index (χ0) is 19.1. The molecule has 3 aliphatic rings. The van der Waals surface area contributed by atoms with E-state index in [9.17, 15) is 18.0 Å². The summed E-state index contributed by atoms with van der Waals surface area (Å²) >= 11 is 0. The van der Waals surface area contributed by atoms with Crippen LogP contribution in [0.25, 0.3) is 0 Å². The summed E-state index contributed by atoms with van der Waals surface area (Å²) in [4.78, 5) is 32.7. The Morgan fingerprint density at radius 1 is 1.23 bits per heavy atom. The third kappa shape index (κ3) is 3.98. The Morgan fingerprint density at radius 3 is 2.62 bits per heavy atom. The predicted octanol–water partition coefficient (Wildman–Crippen LogP) is 0.202. The van der Waals surface area contributed by atoms with Crippen LogP contribution in [0.3, 0.4) is 0 Å². The molecule has 0 aromatic carbocycles. The number of aryl methyl sites for hydroxylation is 2. The van der Waals surface area contributed by atoms with Gasteiger partial charge in [-0.2, -0.15) is 9.29 Å². The Kier molecular flexibility index (Phi) is 5.21. The minimum absolute atomic E-state index is 0.0417. The third-order valence-electron chi connectivity index (χ3n) is 5.51. The van der Waals surface area contributed by atoms with E-state index in [0.717, 1.165) is 24.1 Å². The fourth-order valence-corrected chi connectivity index (χ4v) is 5.04. The van der Waals surface area contributed by atoms with Crippen LogP contribution < -0.4 is 5.69 Å². The van der Waals surface area contributed by atoms with Gasteiger partial charge in [-0.3, -0.25) is 4.79 Å². The van der Waals surface area contributed by atoms with E-state index in [1.807, 2.05) is 11.8 Å². The summed E-state index contributed by atoms with van der Waals surface area (Å²) in [6.07, 6.45) is 3.89. The molecule has 9 heteroatoms. The average Bonchev–Trinajstić information content (AvgIpc) is 2.85. The lowest BCUT2D eigenvalue weighted by molar-refractivity contribution is -0.135. The van der Waals surface area contributed by atoms with Gasteiger partial charge in [-0.1, -0.05) is 0 Å². The standard InChI is InChI=1S/C17H26N4O4S/c1-11-15(12(2)19-17(23)18-11)6-7-16(22)21-9-13-4-5-14(21)10-20(8-13)26(3,24)25/h13-14H,4-10H2,1-3H3,(H,18,19,23)/t13-,14+/m1/s1. The summed E-state index contributed by atoms with van der Waals surface area (Å²) in [5, 5.41) is 0. The van der Waals surface area contributed by atoms with Gasteiger partial charge in [0.15, 0.2) is 0 Å². The van der Waals surface area contributed by atoms with Gasteiger partial charge < -0.3 is 9.88 Å². The zero-order valence-corrected chi connectivity index (χ0v) is 16.3. The number of amides is 1. The molecule has 0 saturated carbocycles. The number of aromatic amines is 1. The molecule has 0 radical (unpaired) electrons. The minimum Gasteiger partial charge on any atom is -0.338 e. The molecule has 2 atom stereocenters. The van der Waals surface area contributed by atoms with E-state index in [2.05, 4.69) is 9.97 Å². The van der Waals surface area contributed by atoms with Crippen molar-refractivity contribution >= 4 is 15.9 Å². The van der Waals surface area contributed by atoms with Crippen LogP contribution in [0.15, 0.2) is 4.79 Å². The fraction of sp³-hybridized carbons (Fsp3) is 0.706. The van der Waals surface area contributed by atoms with Gasteiger partial charge in [-0.15, -0.1) is 0 Å². The van der Waals surface area contributed by atoms with Crippen LogP contribution >= 0.6 is 0 Å². The van der Waals surface area contributed by atoms with Crippen molar-refractivity contribution in [3.05, 3.63) is 27.4 Å². The molecule has 1 amide bonds. The molecule has 3 aliphatic heterocycles. The molecule has 1 N–H and O–H groups in total. The number of nitrogens with one attached hydrogen (secondary N) is 1. The van der Waals surface area contributed by atoms with Gasteiger partial charge in [0.25, 0.3) is 0 Å². The number of fused-ring (bicyclic) bond motifs is 4. The van der Waals surface area contributed by atoms with Crippen molar-refractivity contribution in [1.29, 1.82) is 0 Å². The summed E-state index contributed by atoms with van der Waals surface area (Å²) in [6, 6.07) is -0.0492. The predicted molar refractivity (Wildman–Crippen MR) is 97.3 cm³/mol. The normalized spacial score (nSPS) is 23.9. The fourth-order valence-electron chi connectivity index (χ4n) is 4.11. The number of nitrogens with zero attached hydrogens (tertiary/aromatic N) is 3. The highest BCUT2D eigenvalue weighted by atomic mass is 32.2. The van der Waals surface area contributed by atoms with Gasteiger partial charge in [-0.05, 0) is 44.6 Å². The smallest absolute Gasteiger partial charge is 0.338 e. The van der Waals surface area contributed by atoms with Gasteiger partial charge in [0.05, 0.1) is 6.26 Å². The maximum absolute atomic E-state index is 12.8. The highest BCUT2D eigenvalue weighted by Gasteiger charge is 2.39. The first-order valence-corrected chi connectivity index (χ1v) is 10.8. The number of hydrogen-bond donors (Lipinski definition) is 1. The molecule has 3 saturated heterocycles. The number of carbonyl (C=O) groups excluding carboxylic acids is 1. The SMILES string of the molecule is Cc1nc(=O)[nH]c(C)c1CCC(=O)N1C[C@@H]2CC[C@H]1CN(S(C)(=O)=O)C2. The first kappa shape index (κ1) is 19.0. The summed E-state index contributed by atoms with van der Waals surface area (Å²) in [5.74, 6) is 0.241. The summed E-state index contributed by atoms with van der Waals surface area (Å²) in [7, 11) is -3.24. The Labute approximate surface area is 153 Å². The van der Waals surface area contributed by atoms with Crippen LogP contribution in [-0.4, -0.2) is 65.4 Å². The molecule has 4 rings (SSSR count). The number of rotatable bonds is 4. The second kappa shape index (κ2) is 7.11. The number of hydrogen-bond acceptors (Lipinski definition) is 5. The van der Waals surface area contributed by atoms with Gasteiger partial charge in [0, 0.05) is 43.5 Å². The van der Waals surface area contributed by atoms with Crippen molar-refractivity contribution in [3.8, 4) is 0 Å². The molecule has 0 aliphatic carbocycles. The van der Waals surface area contributed by atoms with Crippen molar-refractivity contribution in [2.24, 2.45) is 5.92 Å². The van der Waals surface area contributed by atoms with Crippen molar-refractivity contribution in [3.63, 3.8) is 0 Å². The second-order valence-electron chi connectivity index (χ2n) is 7.45. The van der Waals surface area contributed by atoms with Crippen LogP contribution in [0, 0.1) is 19.8 Å². The molecule has 4 heterocycles. The highest BCUT2D eigenvalue weighted by molar-refractivity contribution is 7.88. The van der Waals surface area contributed by atoms with Crippen LogP contribution in [0.1, 0.15) is 36.2 Å². The molecule has 0 unspecified atom stereocenters. The molecule has 0 spiro atoms. The Morgan fingerprint density at radius 2 is 1.96 bits per heavy atom. The number of H-pyrrole nitrogens is 1. The molecule has 1 aromatic rings. The van der Waals surface area contributed by atoms with Crippen molar-refractivity contribution < 1.29 is 13.2 Å². The van der Waals surface area contributed by atoms with Crippen molar-refractivity contribution in [2.45, 2.75) is 45.6 Å². The van der Waals surface area contributed by atoms with E-state index in [-0.39, 0.29) is 23.6 Å². The highest BCUT2D eigenvalue weighted by Crippen LogP contribution is 2.29. The van der Waals surface area contributed by atoms with Gasteiger partial charge in [0.1, 0.15) is 0 Å². The van der Waals surface area contributed by atoms with Crippen LogP contribution in [0.5, 0.6) is 0 Å². The maximum atomic E-state index is 12.8. The molecule has 144 valence electrons. The summed E-state index contributed by atoms with van der Waals surface area (Å²) < 4.78 is 25.4. The minimum atomic E-state index is -3.24. The maximum Gasteiger partial charge on any atom is 0.345 e. The average molecular weight is 382 g/mol. The van der Waals surface area contributed by atoms with E-state index in [1.165, 1.54) is 10.6 Å². The monoisotopic (exact) mass is 382 g/mol. The Hall–Kier alpha value is -1.74. The van der Waals surface area contributed by atoms with Crippen LogP contribution in [-0.2, 0) is 21.2 Å². The summed E-state index contributed by atoms with van der Waals surface area (Å²) in [6.45, 7) is 5.10. The topological polar surface area (TPSA) is 103 Å². The van der Waals surface area contributed by atoms with Gasteiger partial charge >= 0.3 is 5.69 Å². The van der Waals surface area contributed by atoms with Crippen molar-refractivity contribution in [1.82, 2.24) is 19.2 Å². The molecule has 1 aromatic heterocycles. The third-order valence-corrected chi connectivity index (χ3v) is 6.75.